The summed E-state index contributed by atoms with van der Waals surface area (Å²) in [5.74, 6) is 0.120. The van der Waals surface area contributed by atoms with Crippen molar-refractivity contribution < 1.29 is 19.2 Å². The second-order valence-corrected chi connectivity index (χ2v) is 4.95. The molecular weight excluding hydrogens is 326 g/mol. The summed E-state index contributed by atoms with van der Waals surface area (Å²) in [4.78, 5) is 22.2. The number of nitro groups is 1. The fraction of sp³-hybridized carbons (Fsp3) is 0.176. The van der Waals surface area contributed by atoms with E-state index in [2.05, 4.69) is 10.5 Å². The smallest absolute Gasteiger partial charge is 0.310 e. The Labute approximate surface area is 144 Å². The van der Waals surface area contributed by atoms with Gasteiger partial charge in [0, 0.05) is 11.6 Å². The highest BCUT2D eigenvalue weighted by Crippen LogP contribution is 2.25. The summed E-state index contributed by atoms with van der Waals surface area (Å²) in [6.45, 7) is 1.33. The third kappa shape index (κ3) is 4.77. The lowest BCUT2D eigenvalue weighted by atomic mass is 10.1. The van der Waals surface area contributed by atoms with Gasteiger partial charge in [-0.3, -0.25) is 14.9 Å². The van der Waals surface area contributed by atoms with Crippen molar-refractivity contribution in [2.24, 2.45) is 5.10 Å². The Hall–Kier alpha value is -3.42. The number of carbonyl (C=O) groups excluding carboxylic acids is 1. The molecule has 2 aromatic carbocycles. The van der Waals surface area contributed by atoms with Crippen molar-refractivity contribution in [3.05, 3.63) is 64.2 Å². The van der Waals surface area contributed by atoms with Crippen LogP contribution in [0.1, 0.15) is 12.5 Å². The molecule has 0 saturated heterocycles. The minimum atomic E-state index is -0.572. The van der Waals surface area contributed by atoms with Gasteiger partial charge < -0.3 is 9.47 Å². The molecule has 0 unspecified atom stereocenters. The van der Waals surface area contributed by atoms with Gasteiger partial charge in [-0.2, -0.15) is 5.10 Å². The molecule has 0 atom stereocenters. The Bertz CT molecular complexity index is 804. The van der Waals surface area contributed by atoms with Crippen LogP contribution in [0, 0.1) is 10.1 Å². The number of nitrogens with one attached hydrogen (secondary N) is 1. The van der Waals surface area contributed by atoms with Gasteiger partial charge in [0.1, 0.15) is 5.75 Å². The van der Waals surface area contributed by atoms with Gasteiger partial charge in [0.05, 0.1) is 17.7 Å². The average Bonchev–Trinajstić information content (AvgIpc) is 2.64. The van der Waals surface area contributed by atoms with Crippen molar-refractivity contribution in [3.63, 3.8) is 0 Å². The van der Waals surface area contributed by atoms with Crippen LogP contribution < -0.4 is 14.9 Å². The highest BCUT2D eigenvalue weighted by molar-refractivity contribution is 6.01. The van der Waals surface area contributed by atoms with Gasteiger partial charge in [0.2, 0.25) is 0 Å². The molecule has 0 aliphatic carbocycles. The number of hydrogen-bond acceptors (Lipinski definition) is 6. The van der Waals surface area contributed by atoms with Crippen molar-refractivity contribution in [1.29, 1.82) is 0 Å². The highest BCUT2D eigenvalue weighted by Gasteiger charge is 2.14. The SMILES string of the molecule is COc1ccccc1/C(C)=N\NC(=O)COc1ccccc1[N+](=O)[O-]. The van der Waals surface area contributed by atoms with E-state index in [1.54, 1.807) is 26.2 Å². The molecule has 0 saturated carbocycles. The Morgan fingerprint density at radius 2 is 1.80 bits per heavy atom. The number of nitrogens with zero attached hydrogens (tertiary/aromatic N) is 2. The molecule has 0 fully saturated rings. The number of hydrogen-bond donors (Lipinski definition) is 1. The first-order valence-corrected chi connectivity index (χ1v) is 7.35. The quantitative estimate of drug-likeness (QED) is 0.473. The maximum absolute atomic E-state index is 11.8. The van der Waals surface area contributed by atoms with Crippen LogP contribution in [0.15, 0.2) is 53.6 Å². The maximum atomic E-state index is 11.8. The predicted octanol–water partition coefficient (Wildman–Crippen LogP) is 2.52. The molecule has 0 aliphatic rings. The summed E-state index contributed by atoms with van der Waals surface area (Å²) < 4.78 is 10.4. The van der Waals surface area contributed by atoms with Gasteiger partial charge >= 0.3 is 5.69 Å². The number of amides is 1. The Morgan fingerprint density at radius 3 is 2.48 bits per heavy atom. The minimum absolute atomic E-state index is 0.0214. The van der Waals surface area contributed by atoms with Crippen LogP contribution in [0.25, 0.3) is 0 Å². The number of benzene rings is 2. The van der Waals surface area contributed by atoms with Gasteiger partial charge in [-0.1, -0.05) is 24.3 Å². The fourth-order valence-electron chi connectivity index (χ4n) is 2.06. The van der Waals surface area contributed by atoms with Gasteiger partial charge in [-0.15, -0.1) is 0 Å². The zero-order valence-corrected chi connectivity index (χ0v) is 13.8. The van der Waals surface area contributed by atoms with E-state index in [0.29, 0.717) is 11.5 Å². The second kappa shape index (κ2) is 8.44. The largest absolute Gasteiger partial charge is 0.496 e. The van der Waals surface area contributed by atoms with Crippen LogP contribution in [0.5, 0.6) is 11.5 Å². The van der Waals surface area contributed by atoms with Crippen LogP contribution in [-0.2, 0) is 4.79 Å². The molecule has 25 heavy (non-hydrogen) atoms. The summed E-state index contributed by atoms with van der Waals surface area (Å²) in [6.07, 6.45) is 0. The normalized spacial score (nSPS) is 10.9. The molecular formula is C17H17N3O5. The molecule has 8 nitrogen and oxygen atoms in total. The Kier molecular flexibility index (Phi) is 6.05. The molecule has 0 aromatic heterocycles. The molecule has 0 aliphatic heterocycles. The molecule has 130 valence electrons. The van der Waals surface area contributed by atoms with Gasteiger partial charge in [0.25, 0.3) is 5.91 Å². The third-order valence-electron chi connectivity index (χ3n) is 3.27. The molecule has 1 amide bonds. The first-order valence-electron chi connectivity index (χ1n) is 7.35. The van der Waals surface area contributed by atoms with E-state index in [4.69, 9.17) is 9.47 Å². The maximum Gasteiger partial charge on any atom is 0.310 e. The molecule has 2 rings (SSSR count). The van der Waals surface area contributed by atoms with Crippen LogP contribution in [-0.4, -0.2) is 30.3 Å². The minimum Gasteiger partial charge on any atom is -0.496 e. The van der Waals surface area contributed by atoms with E-state index in [1.807, 2.05) is 18.2 Å². The van der Waals surface area contributed by atoms with Gasteiger partial charge in [0.15, 0.2) is 12.4 Å². The van der Waals surface area contributed by atoms with Crippen LogP contribution >= 0.6 is 0 Å². The first-order chi connectivity index (χ1) is 12.0. The summed E-state index contributed by atoms with van der Waals surface area (Å²) in [7, 11) is 1.55. The third-order valence-corrected chi connectivity index (χ3v) is 3.27. The Balaban J connectivity index is 1.98. The summed E-state index contributed by atoms with van der Waals surface area (Å²) >= 11 is 0. The van der Waals surface area contributed by atoms with Crippen LogP contribution in [0.3, 0.4) is 0 Å². The van der Waals surface area contributed by atoms with Crippen molar-refractivity contribution in [2.75, 3.05) is 13.7 Å². The first kappa shape index (κ1) is 17.9. The molecule has 8 heteroatoms. The molecule has 0 spiro atoms. The van der Waals surface area contributed by atoms with E-state index in [0.717, 1.165) is 5.56 Å². The molecule has 0 radical (unpaired) electrons. The van der Waals surface area contributed by atoms with Crippen LogP contribution in [0.2, 0.25) is 0 Å². The lowest BCUT2D eigenvalue weighted by Gasteiger charge is -2.08. The standard InChI is InChI=1S/C17H17N3O5/c1-12(13-7-3-5-9-15(13)24-2)18-19-17(21)11-25-16-10-6-4-8-14(16)20(22)23/h3-10H,11H2,1-2H3,(H,19,21)/b18-12-. The number of hydrazone groups is 1. The van der Waals surface area contributed by atoms with Crippen molar-refractivity contribution in [3.8, 4) is 11.5 Å². The second-order valence-electron chi connectivity index (χ2n) is 4.95. The lowest BCUT2D eigenvalue weighted by molar-refractivity contribution is -0.385. The zero-order chi connectivity index (χ0) is 18.2. The van der Waals surface area contributed by atoms with E-state index in [9.17, 15) is 14.9 Å². The molecule has 0 bridgehead atoms. The molecule has 1 N–H and O–H groups in total. The van der Waals surface area contributed by atoms with E-state index < -0.39 is 17.4 Å². The van der Waals surface area contributed by atoms with Crippen molar-refractivity contribution in [2.45, 2.75) is 6.92 Å². The Morgan fingerprint density at radius 1 is 1.16 bits per heavy atom. The highest BCUT2D eigenvalue weighted by atomic mass is 16.6. The number of ether oxygens (including phenoxy) is 2. The number of carbonyl (C=O) groups is 1. The summed E-state index contributed by atoms with van der Waals surface area (Å²) in [5, 5.41) is 14.9. The summed E-state index contributed by atoms with van der Waals surface area (Å²) in [5.41, 5.74) is 3.44. The monoisotopic (exact) mass is 343 g/mol. The van der Waals surface area contributed by atoms with Gasteiger partial charge in [-0.05, 0) is 25.1 Å². The number of rotatable bonds is 7. The summed E-state index contributed by atoms with van der Waals surface area (Å²) in [6, 6.07) is 13.1. The van der Waals surface area contributed by atoms with Gasteiger partial charge in [-0.25, -0.2) is 5.43 Å². The predicted molar refractivity (Wildman–Crippen MR) is 91.9 cm³/mol. The van der Waals surface area contributed by atoms with E-state index in [1.165, 1.54) is 18.2 Å². The number of para-hydroxylation sites is 3. The number of nitro benzene ring substituents is 1. The zero-order valence-electron chi connectivity index (χ0n) is 13.8. The molecule has 0 heterocycles. The van der Waals surface area contributed by atoms with Crippen molar-refractivity contribution >= 4 is 17.3 Å². The van der Waals surface area contributed by atoms with E-state index >= 15 is 0 Å². The fourth-order valence-corrected chi connectivity index (χ4v) is 2.06. The topological polar surface area (TPSA) is 103 Å². The van der Waals surface area contributed by atoms with Crippen molar-refractivity contribution in [1.82, 2.24) is 5.43 Å². The molecule has 2 aromatic rings. The number of methoxy groups -OCH3 is 1. The lowest BCUT2D eigenvalue weighted by Crippen LogP contribution is -2.25. The van der Waals surface area contributed by atoms with Crippen LogP contribution in [0.4, 0.5) is 5.69 Å². The average molecular weight is 343 g/mol. The van der Waals surface area contributed by atoms with E-state index in [-0.39, 0.29) is 11.4 Å².